The van der Waals surface area contributed by atoms with Crippen molar-refractivity contribution in [2.45, 2.75) is 37.3 Å². The minimum absolute atomic E-state index is 0.0532. The number of β-amino-alcohol motifs (C(OH)–C–C–N with tert-alkyl or cyclic N) is 1. The Morgan fingerprint density at radius 3 is 2.77 bits per heavy atom. The number of ether oxygens (including phenoxy) is 1. The lowest BCUT2D eigenvalue weighted by Gasteiger charge is -2.45. The normalized spacial score (nSPS) is 24.5. The monoisotopic (exact) mass is 360 g/mol. The van der Waals surface area contributed by atoms with Crippen molar-refractivity contribution in [3.63, 3.8) is 0 Å². The number of pyridine rings is 1. The van der Waals surface area contributed by atoms with Crippen molar-refractivity contribution in [2.75, 3.05) is 37.7 Å². The number of alkyl carbamates (subject to hydrolysis) is 1. The number of carbonyl (C=O) groups excluding carboxylic acids is 2. The molecule has 8 heteroatoms. The van der Waals surface area contributed by atoms with Gasteiger partial charge < -0.3 is 25.0 Å². The van der Waals surface area contributed by atoms with Crippen molar-refractivity contribution in [3.05, 3.63) is 23.9 Å². The minimum atomic E-state index is -0.609. The summed E-state index contributed by atoms with van der Waals surface area (Å²) in [7, 11) is 0. The number of rotatable bonds is 5. The zero-order chi connectivity index (χ0) is 18.3. The number of aliphatic hydroxyl groups is 1. The summed E-state index contributed by atoms with van der Waals surface area (Å²) in [5, 5.41) is 12.5. The smallest absolute Gasteiger partial charge is 0.407 e. The molecule has 8 nitrogen and oxygen atoms in total. The molecule has 26 heavy (non-hydrogen) atoms. The van der Waals surface area contributed by atoms with Crippen molar-refractivity contribution in [2.24, 2.45) is 0 Å². The SMILES string of the molecule is CC1(O)CN(c2ccc(C3CN(C(=O)CC[C@@H]4COC(=O)N4)C3)cn2)C1. The van der Waals surface area contributed by atoms with Gasteiger partial charge in [0.15, 0.2) is 0 Å². The van der Waals surface area contributed by atoms with Crippen molar-refractivity contribution >= 4 is 17.8 Å². The molecule has 2 amide bonds. The number of carbonyl (C=O) groups is 2. The Balaban J connectivity index is 1.22. The highest BCUT2D eigenvalue weighted by Crippen LogP contribution is 2.30. The average Bonchev–Trinajstić information content (AvgIpc) is 2.95. The molecule has 3 aliphatic heterocycles. The van der Waals surface area contributed by atoms with E-state index in [0.29, 0.717) is 51.5 Å². The summed E-state index contributed by atoms with van der Waals surface area (Å²) in [6.07, 6.45) is 2.51. The van der Waals surface area contributed by atoms with E-state index in [4.69, 9.17) is 4.74 Å². The van der Waals surface area contributed by atoms with Gasteiger partial charge in [0.2, 0.25) is 5.91 Å². The van der Waals surface area contributed by atoms with Crippen LogP contribution < -0.4 is 10.2 Å². The second-order valence-corrected chi connectivity index (χ2v) is 7.78. The summed E-state index contributed by atoms with van der Waals surface area (Å²) in [5.74, 6) is 1.33. The molecule has 3 fully saturated rings. The number of cyclic esters (lactones) is 1. The first-order valence-electron chi connectivity index (χ1n) is 9.04. The highest BCUT2D eigenvalue weighted by Gasteiger charge is 2.37. The number of nitrogens with one attached hydrogen (secondary N) is 1. The first kappa shape index (κ1) is 17.1. The Kier molecular flexibility index (Phi) is 4.22. The van der Waals surface area contributed by atoms with Crippen molar-refractivity contribution < 1.29 is 19.4 Å². The first-order chi connectivity index (χ1) is 12.4. The summed E-state index contributed by atoms with van der Waals surface area (Å²) in [6.45, 7) is 4.82. The highest BCUT2D eigenvalue weighted by atomic mass is 16.6. The predicted molar refractivity (Wildman–Crippen MR) is 93.9 cm³/mol. The highest BCUT2D eigenvalue weighted by molar-refractivity contribution is 5.77. The van der Waals surface area contributed by atoms with Crippen molar-refractivity contribution in [1.82, 2.24) is 15.2 Å². The van der Waals surface area contributed by atoms with Gasteiger partial charge in [0.1, 0.15) is 12.4 Å². The third kappa shape index (κ3) is 3.46. The maximum absolute atomic E-state index is 12.2. The molecule has 3 saturated heterocycles. The Hall–Kier alpha value is -2.35. The van der Waals surface area contributed by atoms with Crippen LogP contribution in [0.3, 0.4) is 0 Å². The van der Waals surface area contributed by atoms with E-state index >= 15 is 0 Å². The zero-order valence-corrected chi connectivity index (χ0v) is 14.9. The second kappa shape index (κ2) is 6.42. The summed E-state index contributed by atoms with van der Waals surface area (Å²) >= 11 is 0. The molecule has 1 atom stereocenters. The third-order valence-corrected chi connectivity index (χ3v) is 5.31. The third-order valence-electron chi connectivity index (χ3n) is 5.31. The fraction of sp³-hybridized carbons (Fsp3) is 0.611. The van der Waals surface area contributed by atoms with Crippen molar-refractivity contribution in [3.8, 4) is 0 Å². The van der Waals surface area contributed by atoms with Gasteiger partial charge in [-0.3, -0.25) is 4.79 Å². The summed E-state index contributed by atoms with van der Waals surface area (Å²) in [4.78, 5) is 31.6. The van der Waals surface area contributed by atoms with Gasteiger partial charge in [-0.1, -0.05) is 6.07 Å². The van der Waals surface area contributed by atoms with E-state index in [-0.39, 0.29) is 11.9 Å². The van der Waals surface area contributed by atoms with Crippen LogP contribution in [-0.4, -0.2) is 71.4 Å². The van der Waals surface area contributed by atoms with E-state index in [1.54, 1.807) is 0 Å². The molecule has 140 valence electrons. The van der Waals surface area contributed by atoms with Crippen LogP contribution in [0.15, 0.2) is 18.3 Å². The molecule has 0 spiro atoms. The number of anilines is 1. The molecule has 0 aliphatic carbocycles. The Labute approximate surface area is 152 Å². The van der Waals surface area contributed by atoms with Gasteiger partial charge in [0, 0.05) is 44.7 Å². The molecule has 4 heterocycles. The van der Waals surface area contributed by atoms with Crippen LogP contribution in [0.4, 0.5) is 10.6 Å². The van der Waals surface area contributed by atoms with Gasteiger partial charge in [-0.05, 0) is 25.0 Å². The number of aromatic nitrogens is 1. The average molecular weight is 360 g/mol. The standard InChI is InChI=1S/C18H24N4O4/c1-18(25)10-22(11-18)15-4-2-12(6-19-15)13-7-21(8-13)16(23)5-3-14-9-26-17(24)20-14/h2,4,6,13-14,25H,3,5,7-11H2,1H3,(H,20,24)/t14-/m1/s1. The number of likely N-dealkylation sites (tertiary alicyclic amines) is 1. The summed E-state index contributed by atoms with van der Waals surface area (Å²) in [5.41, 5.74) is 0.532. The largest absolute Gasteiger partial charge is 0.447 e. The van der Waals surface area contributed by atoms with Gasteiger partial charge in [0.25, 0.3) is 0 Å². The lowest BCUT2D eigenvalue weighted by molar-refractivity contribution is -0.135. The van der Waals surface area contributed by atoms with Crippen LogP contribution in [0.5, 0.6) is 0 Å². The van der Waals surface area contributed by atoms with Crippen LogP contribution in [-0.2, 0) is 9.53 Å². The second-order valence-electron chi connectivity index (χ2n) is 7.78. The number of hydrogen-bond acceptors (Lipinski definition) is 6. The van der Waals surface area contributed by atoms with E-state index in [2.05, 4.69) is 16.4 Å². The molecule has 2 N–H and O–H groups in total. The fourth-order valence-electron chi connectivity index (χ4n) is 3.69. The predicted octanol–water partition coefficient (Wildman–Crippen LogP) is 0.467. The van der Waals surface area contributed by atoms with E-state index in [1.807, 2.05) is 29.0 Å². The molecule has 0 aromatic carbocycles. The number of nitrogens with zero attached hydrogens (tertiary/aromatic N) is 3. The van der Waals surface area contributed by atoms with Crippen LogP contribution in [0.2, 0.25) is 0 Å². The first-order valence-corrected chi connectivity index (χ1v) is 9.04. The van der Waals surface area contributed by atoms with Crippen LogP contribution in [0.25, 0.3) is 0 Å². The quantitative estimate of drug-likeness (QED) is 0.793. The van der Waals surface area contributed by atoms with Crippen LogP contribution >= 0.6 is 0 Å². The Bertz CT molecular complexity index is 692. The molecule has 0 radical (unpaired) electrons. The summed E-state index contributed by atoms with van der Waals surface area (Å²) < 4.78 is 4.82. The minimum Gasteiger partial charge on any atom is -0.447 e. The van der Waals surface area contributed by atoms with Crippen LogP contribution in [0.1, 0.15) is 31.2 Å². The molecule has 0 bridgehead atoms. The van der Waals surface area contributed by atoms with E-state index in [1.165, 1.54) is 0 Å². The van der Waals surface area contributed by atoms with Gasteiger partial charge in [0.05, 0.1) is 11.6 Å². The van der Waals surface area contributed by atoms with Gasteiger partial charge in [-0.15, -0.1) is 0 Å². The number of amides is 2. The lowest BCUT2D eigenvalue weighted by atomic mass is 9.92. The Morgan fingerprint density at radius 1 is 1.42 bits per heavy atom. The molecular weight excluding hydrogens is 336 g/mol. The maximum Gasteiger partial charge on any atom is 0.407 e. The van der Waals surface area contributed by atoms with Crippen LogP contribution in [0, 0.1) is 0 Å². The topological polar surface area (TPSA) is 95.0 Å². The van der Waals surface area contributed by atoms with Gasteiger partial charge >= 0.3 is 6.09 Å². The molecule has 0 saturated carbocycles. The van der Waals surface area contributed by atoms with Gasteiger partial charge in [-0.2, -0.15) is 0 Å². The molecular formula is C18H24N4O4. The van der Waals surface area contributed by atoms with E-state index < -0.39 is 11.7 Å². The number of hydrogen-bond donors (Lipinski definition) is 2. The maximum atomic E-state index is 12.2. The lowest BCUT2D eigenvalue weighted by Crippen LogP contribution is -2.60. The van der Waals surface area contributed by atoms with E-state index in [9.17, 15) is 14.7 Å². The van der Waals surface area contributed by atoms with Crippen molar-refractivity contribution in [1.29, 1.82) is 0 Å². The molecule has 1 aromatic heterocycles. The fourth-order valence-corrected chi connectivity index (χ4v) is 3.69. The molecule has 0 unspecified atom stereocenters. The zero-order valence-electron chi connectivity index (χ0n) is 14.9. The van der Waals surface area contributed by atoms with E-state index in [0.717, 1.165) is 11.4 Å². The Morgan fingerprint density at radius 2 is 2.19 bits per heavy atom. The molecule has 4 rings (SSSR count). The molecule has 3 aliphatic rings. The van der Waals surface area contributed by atoms with Gasteiger partial charge in [-0.25, -0.2) is 9.78 Å². The molecule has 1 aromatic rings. The summed E-state index contributed by atoms with van der Waals surface area (Å²) in [6, 6.07) is 3.99.